The van der Waals surface area contributed by atoms with Gasteiger partial charge in [0.1, 0.15) is 0 Å². The maximum atomic E-state index is 12.0. The molecule has 0 saturated carbocycles. The van der Waals surface area contributed by atoms with Crippen LogP contribution in [0.2, 0.25) is 0 Å². The van der Waals surface area contributed by atoms with Gasteiger partial charge in [-0.3, -0.25) is 0 Å². The molecule has 0 aliphatic heterocycles. The lowest BCUT2D eigenvalue weighted by molar-refractivity contribution is -0.144. The van der Waals surface area contributed by atoms with Gasteiger partial charge in [0.2, 0.25) is 11.0 Å². The van der Waals surface area contributed by atoms with E-state index in [1.165, 1.54) is 0 Å². The van der Waals surface area contributed by atoms with Gasteiger partial charge in [-0.2, -0.15) is 22.5 Å². The number of aromatic nitrogens is 2. The molecule has 1 rings (SSSR count). The van der Waals surface area contributed by atoms with E-state index < -0.39 is 12.0 Å². The summed E-state index contributed by atoms with van der Waals surface area (Å²) < 4.78 is 39.2. The number of anilines is 1. The van der Waals surface area contributed by atoms with Gasteiger partial charge < -0.3 is 10.4 Å². The Morgan fingerprint density at radius 1 is 1.57 bits per heavy atom. The van der Waals surface area contributed by atoms with Gasteiger partial charge in [0.15, 0.2) is 0 Å². The summed E-state index contributed by atoms with van der Waals surface area (Å²) in [6, 6.07) is -0.343. The van der Waals surface area contributed by atoms with Crippen molar-refractivity contribution >= 4 is 16.7 Å². The maximum Gasteiger partial charge on any atom is 0.452 e. The average molecular weight is 227 g/mol. The van der Waals surface area contributed by atoms with E-state index in [9.17, 15) is 13.2 Å². The molecule has 0 aliphatic carbocycles. The monoisotopic (exact) mass is 227 g/mol. The zero-order valence-corrected chi connectivity index (χ0v) is 7.98. The fourth-order valence-electron chi connectivity index (χ4n) is 0.654. The van der Waals surface area contributed by atoms with E-state index in [1.807, 2.05) is 0 Å². The van der Waals surface area contributed by atoms with Crippen LogP contribution >= 0.6 is 11.5 Å². The van der Waals surface area contributed by atoms with Crippen LogP contribution in [0.25, 0.3) is 0 Å². The Morgan fingerprint density at radius 3 is 2.64 bits per heavy atom. The van der Waals surface area contributed by atoms with Crippen molar-refractivity contribution in [3.63, 3.8) is 0 Å². The summed E-state index contributed by atoms with van der Waals surface area (Å²) in [5.41, 5.74) is 0. The fourth-order valence-corrected chi connectivity index (χ4v) is 1.35. The molecule has 1 heterocycles. The van der Waals surface area contributed by atoms with E-state index in [2.05, 4.69) is 14.7 Å². The zero-order valence-electron chi connectivity index (χ0n) is 7.17. The molecule has 0 bridgehead atoms. The third-order valence-electron chi connectivity index (χ3n) is 1.32. The topological polar surface area (TPSA) is 58.0 Å². The first-order chi connectivity index (χ1) is 6.43. The number of halogens is 3. The van der Waals surface area contributed by atoms with Gasteiger partial charge in [-0.25, -0.2) is 0 Å². The van der Waals surface area contributed by atoms with Crippen molar-refractivity contribution in [2.24, 2.45) is 0 Å². The van der Waals surface area contributed by atoms with Crippen LogP contribution in [-0.2, 0) is 6.18 Å². The van der Waals surface area contributed by atoms with E-state index in [4.69, 9.17) is 5.11 Å². The summed E-state index contributed by atoms with van der Waals surface area (Å²) in [5.74, 6) is -1.16. The maximum absolute atomic E-state index is 12.0. The molecule has 1 atom stereocenters. The Balaban J connectivity index is 2.69. The van der Waals surface area contributed by atoms with Crippen molar-refractivity contribution in [2.45, 2.75) is 19.1 Å². The number of alkyl halides is 3. The smallest absolute Gasteiger partial charge is 0.394 e. The van der Waals surface area contributed by atoms with Crippen LogP contribution in [0.15, 0.2) is 0 Å². The molecule has 8 heteroatoms. The molecular weight excluding hydrogens is 219 g/mol. The van der Waals surface area contributed by atoms with E-state index in [0.29, 0.717) is 11.5 Å². The van der Waals surface area contributed by atoms with Crippen molar-refractivity contribution in [1.82, 2.24) is 9.36 Å². The second-order valence-electron chi connectivity index (χ2n) is 2.65. The van der Waals surface area contributed by atoms with Crippen molar-refractivity contribution in [3.05, 3.63) is 5.82 Å². The van der Waals surface area contributed by atoms with Gasteiger partial charge in [0, 0.05) is 17.6 Å². The molecule has 0 amide bonds. The van der Waals surface area contributed by atoms with Crippen LogP contribution in [0.3, 0.4) is 0 Å². The van der Waals surface area contributed by atoms with Crippen LogP contribution in [0.4, 0.5) is 18.3 Å². The lowest BCUT2D eigenvalue weighted by atomic mass is 10.4. The minimum absolute atomic E-state index is 0.0545. The van der Waals surface area contributed by atoms with Gasteiger partial charge in [0.25, 0.3) is 0 Å². The van der Waals surface area contributed by atoms with Crippen molar-refractivity contribution in [2.75, 3.05) is 11.9 Å². The highest BCUT2D eigenvalue weighted by Gasteiger charge is 2.36. The van der Waals surface area contributed by atoms with Crippen LogP contribution < -0.4 is 5.32 Å². The van der Waals surface area contributed by atoms with Crippen molar-refractivity contribution < 1.29 is 18.3 Å². The fraction of sp³-hybridized carbons (Fsp3) is 0.667. The Labute approximate surface area is 82.0 Å². The van der Waals surface area contributed by atoms with Crippen molar-refractivity contribution in [3.8, 4) is 0 Å². The molecule has 0 spiro atoms. The predicted octanol–water partition coefficient (Wildman–Crippen LogP) is 1.35. The summed E-state index contributed by atoms with van der Waals surface area (Å²) >= 11 is 0.617. The quantitative estimate of drug-likeness (QED) is 0.818. The summed E-state index contributed by atoms with van der Waals surface area (Å²) in [6.07, 6.45) is -4.51. The third-order valence-corrected chi connectivity index (χ3v) is 1.97. The van der Waals surface area contributed by atoms with Gasteiger partial charge >= 0.3 is 6.18 Å². The van der Waals surface area contributed by atoms with Crippen LogP contribution in [0, 0.1) is 0 Å². The lowest BCUT2D eigenvalue weighted by Gasteiger charge is -2.07. The average Bonchev–Trinajstić information content (AvgIpc) is 2.51. The SMILES string of the molecule is CC(CO)Nc1nc(C(F)(F)F)ns1. The van der Waals surface area contributed by atoms with E-state index in [-0.39, 0.29) is 17.8 Å². The molecule has 0 saturated heterocycles. The first kappa shape index (κ1) is 11.2. The Hall–Kier alpha value is -0.890. The number of hydrogen-bond donors (Lipinski definition) is 2. The van der Waals surface area contributed by atoms with Gasteiger partial charge in [0.05, 0.1) is 6.61 Å². The molecule has 1 aromatic heterocycles. The molecule has 1 unspecified atom stereocenters. The molecule has 0 aliphatic rings. The molecule has 2 N–H and O–H groups in total. The number of nitrogens with one attached hydrogen (secondary N) is 1. The van der Waals surface area contributed by atoms with Gasteiger partial charge in [-0.15, -0.1) is 0 Å². The highest BCUT2D eigenvalue weighted by Crippen LogP contribution is 2.28. The van der Waals surface area contributed by atoms with Crippen LogP contribution in [0.5, 0.6) is 0 Å². The number of aliphatic hydroxyl groups is 1. The second-order valence-corrected chi connectivity index (χ2v) is 3.40. The largest absolute Gasteiger partial charge is 0.452 e. The van der Waals surface area contributed by atoms with Gasteiger partial charge in [-0.1, -0.05) is 0 Å². The highest BCUT2D eigenvalue weighted by molar-refractivity contribution is 7.09. The number of aliphatic hydroxyl groups excluding tert-OH is 1. The van der Waals surface area contributed by atoms with E-state index in [0.717, 1.165) is 0 Å². The third kappa shape index (κ3) is 2.81. The van der Waals surface area contributed by atoms with Crippen LogP contribution in [0.1, 0.15) is 12.7 Å². The standard InChI is InChI=1S/C6H8F3N3OS/c1-3(2-13)10-5-11-4(12-14-5)6(7,8)9/h3,13H,2H2,1H3,(H,10,11,12). The molecule has 0 aromatic carbocycles. The number of rotatable bonds is 3. The first-order valence-electron chi connectivity index (χ1n) is 3.71. The normalized spacial score (nSPS) is 14.1. The zero-order chi connectivity index (χ0) is 10.8. The Kier molecular flexibility index (Phi) is 3.27. The molecule has 14 heavy (non-hydrogen) atoms. The van der Waals surface area contributed by atoms with Crippen molar-refractivity contribution in [1.29, 1.82) is 0 Å². The van der Waals surface area contributed by atoms with Crippen LogP contribution in [-0.4, -0.2) is 27.1 Å². The summed E-state index contributed by atoms with van der Waals surface area (Å²) in [4.78, 5) is 3.23. The molecule has 4 nitrogen and oxygen atoms in total. The number of hydrogen-bond acceptors (Lipinski definition) is 5. The molecule has 0 radical (unpaired) electrons. The van der Waals surface area contributed by atoms with E-state index >= 15 is 0 Å². The first-order valence-corrected chi connectivity index (χ1v) is 4.49. The summed E-state index contributed by atoms with van der Waals surface area (Å²) in [7, 11) is 0. The minimum Gasteiger partial charge on any atom is -0.394 e. The number of nitrogens with zero attached hydrogens (tertiary/aromatic N) is 2. The van der Waals surface area contributed by atoms with Gasteiger partial charge in [-0.05, 0) is 6.92 Å². The van der Waals surface area contributed by atoms with E-state index in [1.54, 1.807) is 6.92 Å². The molecule has 80 valence electrons. The predicted molar refractivity (Wildman–Crippen MR) is 45.1 cm³/mol. The molecular formula is C6H8F3N3OS. The molecule has 0 fully saturated rings. The second kappa shape index (κ2) is 4.09. The lowest BCUT2D eigenvalue weighted by Crippen LogP contribution is -2.19. The summed E-state index contributed by atoms with van der Waals surface area (Å²) in [5, 5.41) is 11.3. The Bertz CT molecular complexity index is 301. The highest BCUT2D eigenvalue weighted by atomic mass is 32.1. The molecule has 1 aromatic rings. The minimum atomic E-state index is -4.51. The Morgan fingerprint density at radius 2 is 2.21 bits per heavy atom. The summed E-state index contributed by atoms with van der Waals surface area (Å²) in [6.45, 7) is 1.44.